The smallest absolute Gasteiger partial charge is 0.0471 e. The van der Waals surface area contributed by atoms with Crippen LogP contribution in [0.5, 0.6) is 0 Å². The molecule has 0 amide bonds. The Kier molecular flexibility index (Phi) is 3.78. The summed E-state index contributed by atoms with van der Waals surface area (Å²) in [7, 11) is 0. The summed E-state index contributed by atoms with van der Waals surface area (Å²) in [5.41, 5.74) is 3.94. The molecular weight excluding hydrogens is 278 g/mol. The number of H-pyrrole nitrogens is 1. The lowest BCUT2D eigenvalue weighted by Gasteiger charge is -2.03. The van der Waals surface area contributed by atoms with E-state index in [-0.39, 0.29) is 0 Å². The first kappa shape index (κ1) is 14.3. The monoisotopic (exact) mass is 301 g/mol. The largest absolute Gasteiger partial charge is 0.354 e. The molecule has 0 bridgehead atoms. The molecule has 0 atom stereocenters. The van der Waals surface area contributed by atoms with Crippen molar-refractivity contribution in [2.24, 2.45) is 0 Å². The van der Waals surface area contributed by atoms with Crippen LogP contribution in [-0.2, 0) is 6.42 Å². The van der Waals surface area contributed by atoms with Crippen LogP contribution in [0.15, 0.2) is 54.6 Å². The third kappa shape index (κ3) is 2.61. The number of unbranched alkanes of at least 4 members (excludes halogenated alkanes) is 3. The fraction of sp³-hybridized carbons (Fsp3) is 0.273. The van der Waals surface area contributed by atoms with Gasteiger partial charge in [0.1, 0.15) is 0 Å². The molecule has 4 aromatic rings. The molecule has 1 heterocycles. The SMILES string of the molecule is CCCCCCc1ccc2[nH]c3ccc4ccccc4c3c2c1. The van der Waals surface area contributed by atoms with E-state index in [2.05, 4.69) is 66.5 Å². The average Bonchev–Trinajstić information content (AvgIpc) is 2.97. The lowest BCUT2D eigenvalue weighted by atomic mass is 10.0. The van der Waals surface area contributed by atoms with Crippen molar-refractivity contribution in [2.45, 2.75) is 39.0 Å². The number of nitrogens with one attached hydrogen (secondary N) is 1. The predicted molar refractivity (Wildman–Crippen MR) is 101 cm³/mol. The molecular formula is C22H23N. The summed E-state index contributed by atoms with van der Waals surface area (Å²) in [6, 6.07) is 20.0. The maximum atomic E-state index is 3.57. The topological polar surface area (TPSA) is 15.8 Å². The molecule has 1 N–H and O–H groups in total. The van der Waals surface area contributed by atoms with E-state index in [4.69, 9.17) is 0 Å². The van der Waals surface area contributed by atoms with Gasteiger partial charge in [-0.3, -0.25) is 0 Å². The number of benzene rings is 3. The first-order valence-corrected chi connectivity index (χ1v) is 8.79. The zero-order valence-electron chi connectivity index (χ0n) is 13.7. The molecule has 0 saturated carbocycles. The van der Waals surface area contributed by atoms with E-state index in [0.717, 1.165) is 0 Å². The molecule has 1 nitrogen and oxygen atoms in total. The van der Waals surface area contributed by atoms with Gasteiger partial charge in [-0.2, -0.15) is 0 Å². The second-order valence-electron chi connectivity index (χ2n) is 6.52. The fourth-order valence-electron chi connectivity index (χ4n) is 3.63. The summed E-state index contributed by atoms with van der Waals surface area (Å²) in [5.74, 6) is 0. The number of hydrogen-bond acceptors (Lipinski definition) is 0. The normalized spacial score (nSPS) is 11.7. The van der Waals surface area contributed by atoms with Gasteiger partial charge in [-0.25, -0.2) is 0 Å². The van der Waals surface area contributed by atoms with Gasteiger partial charge in [-0.1, -0.05) is 62.6 Å². The quantitative estimate of drug-likeness (QED) is 0.400. The van der Waals surface area contributed by atoms with E-state index < -0.39 is 0 Å². The highest BCUT2D eigenvalue weighted by atomic mass is 14.7. The van der Waals surface area contributed by atoms with Crippen LogP contribution in [0, 0.1) is 0 Å². The third-order valence-corrected chi connectivity index (χ3v) is 4.87. The van der Waals surface area contributed by atoms with E-state index in [9.17, 15) is 0 Å². The summed E-state index contributed by atoms with van der Waals surface area (Å²) in [6.45, 7) is 2.27. The Bertz CT molecular complexity index is 962. The number of aromatic nitrogens is 1. The second-order valence-corrected chi connectivity index (χ2v) is 6.52. The molecule has 0 spiro atoms. The van der Waals surface area contributed by atoms with Crippen molar-refractivity contribution in [1.29, 1.82) is 0 Å². The van der Waals surface area contributed by atoms with Crippen molar-refractivity contribution in [1.82, 2.24) is 4.98 Å². The van der Waals surface area contributed by atoms with Gasteiger partial charge in [-0.15, -0.1) is 0 Å². The second kappa shape index (κ2) is 6.08. The summed E-state index contributed by atoms with van der Waals surface area (Å²) in [4.78, 5) is 3.57. The van der Waals surface area contributed by atoms with E-state index in [1.165, 1.54) is 70.2 Å². The maximum Gasteiger partial charge on any atom is 0.0471 e. The molecule has 0 aliphatic carbocycles. The molecule has 0 unspecified atom stereocenters. The number of aryl methyl sites for hydroxylation is 1. The Morgan fingerprint density at radius 3 is 2.57 bits per heavy atom. The number of aromatic amines is 1. The number of hydrogen-bond donors (Lipinski definition) is 1. The minimum atomic E-state index is 1.19. The third-order valence-electron chi connectivity index (χ3n) is 4.87. The van der Waals surface area contributed by atoms with Crippen molar-refractivity contribution in [3.05, 3.63) is 60.2 Å². The van der Waals surface area contributed by atoms with Crippen LogP contribution >= 0.6 is 0 Å². The average molecular weight is 301 g/mol. The van der Waals surface area contributed by atoms with Crippen molar-refractivity contribution >= 4 is 32.6 Å². The molecule has 0 radical (unpaired) electrons. The lowest BCUT2D eigenvalue weighted by molar-refractivity contribution is 0.667. The highest BCUT2D eigenvalue weighted by Gasteiger charge is 2.08. The van der Waals surface area contributed by atoms with Gasteiger partial charge in [0, 0.05) is 21.8 Å². The molecule has 4 rings (SSSR count). The zero-order chi connectivity index (χ0) is 15.6. The van der Waals surface area contributed by atoms with Crippen LogP contribution in [0.4, 0.5) is 0 Å². The predicted octanol–water partition coefficient (Wildman–Crippen LogP) is 6.60. The molecule has 0 aliphatic heterocycles. The van der Waals surface area contributed by atoms with E-state index in [1.54, 1.807) is 0 Å². The van der Waals surface area contributed by atoms with Crippen LogP contribution in [0.3, 0.4) is 0 Å². The molecule has 1 heteroatoms. The van der Waals surface area contributed by atoms with Crippen molar-refractivity contribution < 1.29 is 0 Å². The summed E-state index contributed by atoms with van der Waals surface area (Å²) in [5, 5.41) is 5.40. The van der Waals surface area contributed by atoms with E-state index in [1.807, 2.05) is 0 Å². The van der Waals surface area contributed by atoms with Gasteiger partial charge in [0.15, 0.2) is 0 Å². The summed E-state index contributed by atoms with van der Waals surface area (Å²) >= 11 is 0. The summed E-state index contributed by atoms with van der Waals surface area (Å²) < 4.78 is 0. The van der Waals surface area contributed by atoms with E-state index >= 15 is 0 Å². The summed E-state index contributed by atoms with van der Waals surface area (Å²) in [6.07, 6.45) is 6.47. The molecule has 3 aromatic carbocycles. The van der Waals surface area contributed by atoms with Crippen LogP contribution in [0.25, 0.3) is 32.6 Å². The number of fused-ring (bicyclic) bond motifs is 5. The standard InChI is InChI=1S/C22H23N/c1-2-3-4-5-8-16-11-13-20-19(15-16)22-18-10-7-6-9-17(18)12-14-21(22)23-20/h6-7,9-15,23H,2-5,8H2,1H3. The molecule has 1 aromatic heterocycles. The number of rotatable bonds is 5. The Hall–Kier alpha value is -2.28. The van der Waals surface area contributed by atoms with Gasteiger partial charge in [0.25, 0.3) is 0 Å². The first-order valence-electron chi connectivity index (χ1n) is 8.79. The van der Waals surface area contributed by atoms with Gasteiger partial charge >= 0.3 is 0 Å². The molecule has 23 heavy (non-hydrogen) atoms. The van der Waals surface area contributed by atoms with Crippen molar-refractivity contribution in [3.63, 3.8) is 0 Å². The Morgan fingerprint density at radius 2 is 1.65 bits per heavy atom. The lowest BCUT2D eigenvalue weighted by Crippen LogP contribution is -1.85. The van der Waals surface area contributed by atoms with Gasteiger partial charge in [-0.05, 0) is 47.4 Å². The van der Waals surface area contributed by atoms with Gasteiger partial charge in [0.2, 0.25) is 0 Å². The molecule has 0 aliphatic rings. The molecule has 116 valence electrons. The Labute approximate surface area is 137 Å². The van der Waals surface area contributed by atoms with Gasteiger partial charge < -0.3 is 4.98 Å². The fourth-order valence-corrected chi connectivity index (χ4v) is 3.63. The van der Waals surface area contributed by atoms with Crippen molar-refractivity contribution in [2.75, 3.05) is 0 Å². The Balaban J connectivity index is 1.82. The molecule has 0 fully saturated rings. The van der Waals surface area contributed by atoms with E-state index in [0.29, 0.717) is 0 Å². The van der Waals surface area contributed by atoms with Crippen LogP contribution < -0.4 is 0 Å². The highest BCUT2D eigenvalue weighted by Crippen LogP contribution is 2.32. The van der Waals surface area contributed by atoms with Gasteiger partial charge in [0.05, 0.1) is 0 Å². The first-order chi connectivity index (χ1) is 11.4. The minimum absolute atomic E-state index is 1.19. The highest BCUT2D eigenvalue weighted by molar-refractivity contribution is 6.20. The van der Waals surface area contributed by atoms with Crippen molar-refractivity contribution in [3.8, 4) is 0 Å². The maximum absolute atomic E-state index is 3.57. The van der Waals surface area contributed by atoms with Crippen LogP contribution in [0.1, 0.15) is 38.2 Å². The Morgan fingerprint density at radius 1 is 0.783 bits per heavy atom. The zero-order valence-corrected chi connectivity index (χ0v) is 13.7. The minimum Gasteiger partial charge on any atom is -0.354 e. The van der Waals surface area contributed by atoms with Crippen LogP contribution in [-0.4, -0.2) is 4.98 Å². The van der Waals surface area contributed by atoms with Crippen LogP contribution in [0.2, 0.25) is 0 Å². The molecule has 0 saturated heterocycles.